The summed E-state index contributed by atoms with van der Waals surface area (Å²) in [5, 5.41) is 12.0. The predicted octanol–water partition coefficient (Wildman–Crippen LogP) is 4.91. The van der Waals surface area contributed by atoms with E-state index in [2.05, 4.69) is 22.4 Å². The van der Waals surface area contributed by atoms with Crippen molar-refractivity contribution < 1.29 is 19.4 Å². The highest BCUT2D eigenvalue weighted by molar-refractivity contribution is 7.13. The van der Waals surface area contributed by atoms with Crippen LogP contribution >= 0.6 is 11.3 Å². The van der Waals surface area contributed by atoms with Crippen LogP contribution in [0.3, 0.4) is 0 Å². The first-order valence-corrected chi connectivity index (χ1v) is 11.9. The molecule has 1 spiro atoms. The average molecular weight is 461 g/mol. The number of benzene rings is 2. The van der Waals surface area contributed by atoms with Gasteiger partial charge in [0.15, 0.2) is 5.78 Å². The highest BCUT2D eigenvalue weighted by Gasteiger charge is 2.43. The van der Waals surface area contributed by atoms with Crippen LogP contribution in [0, 0.1) is 0 Å². The van der Waals surface area contributed by atoms with E-state index < -0.39 is 11.6 Å². The largest absolute Gasteiger partial charge is 0.486 e. The topological polar surface area (TPSA) is 79.7 Å². The molecule has 0 amide bonds. The van der Waals surface area contributed by atoms with Crippen LogP contribution in [0.15, 0.2) is 60.0 Å². The summed E-state index contributed by atoms with van der Waals surface area (Å²) in [7, 11) is 0. The molecule has 0 radical (unpaired) electrons. The van der Waals surface area contributed by atoms with Crippen molar-refractivity contribution in [1.82, 2.24) is 9.88 Å². The summed E-state index contributed by atoms with van der Waals surface area (Å²) < 4.78 is 6.37. The number of Topliss-reactive ketones (excluding diaryl/α,β-unsaturated/α-hetero) is 1. The van der Waals surface area contributed by atoms with E-state index >= 15 is 0 Å². The van der Waals surface area contributed by atoms with Gasteiger partial charge in [0.05, 0.1) is 17.7 Å². The first-order chi connectivity index (χ1) is 16.0. The number of rotatable bonds is 5. The van der Waals surface area contributed by atoms with Gasteiger partial charge in [0.1, 0.15) is 16.4 Å². The first-order valence-electron chi connectivity index (χ1n) is 11.0. The molecule has 168 valence electrons. The number of nitrogens with zero attached hydrogens (tertiary/aromatic N) is 2. The van der Waals surface area contributed by atoms with E-state index in [1.807, 2.05) is 18.2 Å². The number of fused-ring (bicyclic) bond motifs is 1. The first kappa shape index (κ1) is 21.6. The Balaban J connectivity index is 1.23. The zero-order valence-electron chi connectivity index (χ0n) is 18.1. The third-order valence-corrected chi connectivity index (χ3v) is 7.20. The molecular weight excluding hydrogens is 436 g/mol. The third-order valence-electron chi connectivity index (χ3n) is 6.26. The minimum absolute atomic E-state index is 0.0577. The van der Waals surface area contributed by atoms with Crippen molar-refractivity contribution in [1.29, 1.82) is 0 Å². The number of carbonyl (C=O) groups excluding carboxylic acids is 1. The summed E-state index contributed by atoms with van der Waals surface area (Å²) >= 11 is 1.67. The second-order valence-electron chi connectivity index (χ2n) is 8.60. The van der Waals surface area contributed by atoms with Crippen molar-refractivity contribution in [3.05, 3.63) is 76.8 Å². The molecule has 33 heavy (non-hydrogen) atoms. The number of piperidine rings is 1. The molecule has 2 aromatic carbocycles. The maximum absolute atomic E-state index is 12.9. The number of thiazole rings is 1. The lowest BCUT2D eigenvalue weighted by atomic mass is 9.82. The number of hydrogen-bond donors (Lipinski definition) is 1. The molecule has 2 aliphatic rings. The number of carbonyl (C=O) groups is 2. The molecule has 0 aliphatic carbocycles. The highest BCUT2D eigenvalue weighted by Crippen LogP contribution is 2.40. The van der Waals surface area contributed by atoms with Gasteiger partial charge in [0.25, 0.3) is 0 Å². The van der Waals surface area contributed by atoms with E-state index in [1.54, 1.807) is 29.5 Å². The number of aromatic nitrogens is 1. The molecule has 1 N–H and O–H groups in total. The lowest BCUT2D eigenvalue weighted by molar-refractivity contribution is -0.131. The van der Waals surface area contributed by atoms with Crippen molar-refractivity contribution in [2.24, 2.45) is 0 Å². The fourth-order valence-corrected chi connectivity index (χ4v) is 5.32. The SMILES string of the molecule is O=C(O)C=Cc1ccc2c(c1)C(=O)CC1(CCN(Cc3csc(-c4ccccc4)n3)CC1)O2. The van der Waals surface area contributed by atoms with Gasteiger partial charge in [-0.2, -0.15) is 0 Å². The molecule has 5 rings (SSSR count). The van der Waals surface area contributed by atoms with Crippen LogP contribution < -0.4 is 4.74 Å². The van der Waals surface area contributed by atoms with Gasteiger partial charge in [0.2, 0.25) is 0 Å². The Labute approximate surface area is 196 Å². The van der Waals surface area contributed by atoms with Gasteiger partial charge in [-0.05, 0) is 23.8 Å². The zero-order valence-corrected chi connectivity index (χ0v) is 18.9. The summed E-state index contributed by atoms with van der Waals surface area (Å²) in [6.07, 6.45) is 4.48. The van der Waals surface area contributed by atoms with Crippen LogP contribution in [-0.2, 0) is 11.3 Å². The predicted molar refractivity (Wildman–Crippen MR) is 127 cm³/mol. The molecule has 0 atom stereocenters. The van der Waals surface area contributed by atoms with Gasteiger partial charge in [-0.15, -0.1) is 11.3 Å². The Hall–Kier alpha value is -3.29. The van der Waals surface area contributed by atoms with Gasteiger partial charge in [-0.3, -0.25) is 9.69 Å². The van der Waals surface area contributed by atoms with E-state index in [9.17, 15) is 9.59 Å². The second-order valence-corrected chi connectivity index (χ2v) is 9.46. The van der Waals surface area contributed by atoms with Gasteiger partial charge in [-0.1, -0.05) is 36.4 Å². The Morgan fingerprint density at radius 2 is 1.97 bits per heavy atom. The Morgan fingerprint density at radius 1 is 1.18 bits per heavy atom. The summed E-state index contributed by atoms with van der Waals surface area (Å²) in [4.78, 5) is 30.8. The lowest BCUT2D eigenvalue weighted by Crippen LogP contribution is -2.50. The van der Waals surface area contributed by atoms with Gasteiger partial charge in [0, 0.05) is 49.5 Å². The van der Waals surface area contributed by atoms with Crippen LogP contribution in [-0.4, -0.2) is 45.4 Å². The summed E-state index contributed by atoms with van der Waals surface area (Å²) in [6.45, 7) is 2.49. The molecule has 3 aromatic rings. The monoisotopic (exact) mass is 460 g/mol. The molecular formula is C26H24N2O4S. The minimum atomic E-state index is -1.02. The number of carboxylic acid groups (broad SMARTS) is 1. The van der Waals surface area contributed by atoms with Crippen molar-refractivity contribution in [3.63, 3.8) is 0 Å². The van der Waals surface area contributed by atoms with E-state index in [0.717, 1.165) is 54.8 Å². The van der Waals surface area contributed by atoms with Crippen LogP contribution in [0.5, 0.6) is 5.75 Å². The smallest absolute Gasteiger partial charge is 0.328 e. The average Bonchev–Trinajstić information content (AvgIpc) is 3.29. The molecule has 6 nitrogen and oxygen atoms in total. The molecule has 0 bridgehead atoms. The Kier molecular flexibility index (Phi) is 5.83. The van der Waals surface area contributed by atoms with Crippen molar-refractivity contribution >= 4 is 29.2 Å². The Bertz CT molecular complexity index is 1210. The third kappa shape index (κ3) is 4.74. The maximum atomic E-state index is 12.9. The molecule has 3 heterocycles. The molecule has 1 aromatic heterocycles. The number of ether oxygens (including phenoxy) is 1. The van der Waals surface area contributed by atoms with E-state index in [1.165, 1.54) is 6.08 Å². The van der Waals surface area contributed by atoms with Crippen molar-refractivity contribution in [2.75, 3.05) is 13.1 Å². The molecule has 7 heteroatoms. The standard InChI is InChI=1S/C26H24N2O4S/c29-22-15-26(32-23-8-6-18(14-21(22)23)7-9-24(30)31)10-12-28(13-11-26)16-20-17-33-25(27-20)19-4-2-1-3-5-19/h1-9,14,17H,10-13,15-16H2,(H,30,31). The summed E-state index contributed by atoms with van der Waals surface area (Å²) in [5.41, 5.74) is 2.96. The lowest BCUT2D eigenvalue weighted by Gasteiger charge is -2.43. The van der Waals surface area contributed by atoms with E-state index in [-0.39, 0.29) is 5.78 Å². The van der Waals surface area contributed by atoms with Gasteiger partial charge < -0.3 is 9.84 Å². The fraction of sp³-hybridized carbons (Fsp3) is 0.269. The quantitative estimate of drug-likeness (QED) is 0.545. The molecule has 2 aliphatic heterocycles. The molecule has 0 saturated carbocycles. The minimum Gasteiger partial charge on any atom is -0.486 e. The number of aliphatic carboxylic acids is 1. The van der Waals surface area contributed by atoms with Crippen molar-refractivity contribution in [3.8, 4) is 16.3 Å². The van der Waals surface area contributed by atoms with Gasteiger partial charge in [-0.25, -0.2) is 9.78 Å². The second kappa shape index (κ2) is 8.92. The fourth-order valence-electron chi connectivity index (χ4n) is 4.50. The number of hydrogen-bond acceptors (Lipinski definition) is 6. The highest BCUT2D eigenvalue weighted by atomic mass is 32.1. The molecule has 1 fully saturated rings. The van der Waals surface area contributed by atoms with Crippen molar-refractivity contribution in [2.45, 2.75) is 31.4 Å². The van der Waals surface area contributed by atoms with Crippen LogP contribution in [0.25, 0.3) is 16.6 Å². The van der Waals surface area contributed by atoms with Crippen LogP contribution in [0.2, 0.25) is 0 Å². The number of likely N-dealkylation sites (tertiary alicyclic amines) is 1. The summed E-state index contributed by atoms with van der Waals surface area (Å²) in [6, 6.07) is 15.5. The number of ketones is 1. The summed E-state index contributed by atoms with van der Waals surface area (Å²) in [5.74, 6) is -0.364. The van der Waals surface area contributed by atoms with Gasteiger partial charge >= 0.3 is 5.97 Å². The molecule has 0 unspecified atom stereocenters. The normalized spacial score (nSPS) is 17.8. The van der Waals surface area contributed by atoms with Crippen LogP contribution in [0.1, 0.15) is 40.9 Å². The molecule has 1 saturated heterocycles. The van der Waals surface area contributed by atoms with Crippen LogP contribution in [0.4, 0.5) is 0 Å². The zero-order chi connectivity index (χ0) is 22.8. The maximum Gasteiger partial charge on any atom is 0.328 e. The van der Waals surface area contributed by atoms with E-state index in [4.69, 9.17) is 14.8 Å². The van der Waals surface area contributed by atoms with E-state index in [0.29, 0.717) is 23.3 Å². The Morgan fingerprint density at radius 3 is 2.73 bits per heavy atom. The number of carboxylic acids is 1.